The van der Waals surface area contributed by atoms with Crippen molar-refractivity contribution in [2.45, 2.75) is 0 Å². The molecule has 56 valence electrons. The van der Waals surface area contributed by atoms with Crippen molar-refractivity contribution in [1.82, 2.24) is 9.19 Å². The van der Waals surface area contributed by atoms with E-state index >= 15 is 0 Å². The van der Waals surface area contributed by atoms with E-state index in [1.165, 1.54) is 11.0 Å². The highest BCUT2D eigenvalue weighted by Gasteiger charge is 2.00. The first-order valence-electron chi connectivity index (χ1n) is 3.35. The van der Waals surface area contributed by atoms with E-state index in [0.29, 0.717) is 0 Å². The van der Waals surface area contributed by atoms with Crippen LogP contribution in [0.25, 0.3) is 11.0 Å². The first kappa shape index (κ1) is 6.61. The molecule has 0 aliphatic carbocycles. The van der Waals surface area contributed by atoms with Crippen LogP contribution in [-0.2, 0) is 0 Å². The van der Waals surface area contributed by atoms with E-state index in [2.05, 4.69) is 23.8 Å². The standard InChI is InChI=1S/C8H8N2S/c1-2-11-10-8-6-4-3-5-7(8)9-10/h2-6,9H,1H2. The van der Waals surface area contributed by atoms with Gasteiger partial charge in [-0.2, -0.15) is 0 Å². The molecule has 0 amide bonds. The summed E-state index contributed by atoms with van der Waals surface area (Å²) in [6.07, 6.45) is 0. The second kappa shape index (κ2) is 2.51. The van der Waals surface area contributed by atoms with Crippen molar-refractivity contribution < 1.29 is 0 Å². The van der Waals surface area contributed by atoms with E-state index in [9.17, 15) is 0 Å². The fourth-order valence-electron chi connectivity index (χ4n) is 1.02. The lowest BCUT2D eigenvalue weighted by Gasteiger charge is -2.12. The van der Waals surface area contributed by atoms with Crippen molar-refractivity contribution in [1.29, 1.82) is 0 Å². The van der Waals surface area contributed by atoms with E-state index in [-0.39, 0.29) is 0 Å². The molecule has 0 unspecified atom stereocenters. The average molecular weight is 164 g/mol. The first-order chi connectivity index (χ1) is 5.42. The molecular formula is C8H8N2S. The zero-order valence-electron chi connectivity index (χ0n) is 5.95. The lowest BCUT2D eigenvalue weighted by atomic mass is 10.3. The van der Waals surface area contributed by atoms with E-state index < -0.39 is 0 Å². The van der Waals surface area contributed by atoms with Gasteiger partial charge in [0, 0.05) is 11.9 Å². The van der Waals surface area contributed by atoms with Crippen molar-refractivity contribution in [3.63, 3.8) is 0 Å². The third-order valence-electron chi connectivity index (χ3n) is 1.52. The molecule has 11 heavy (non-hydrogen) atoms. The fraction of sp³-hybridized carbons (Fsp3) is 0. The van der Waals surface area contributed by atoms with Gasteiger partial charge in [-0.25, -0.2) is 4.09 Å². The Morgan fingerprint density at radius 1 is 1.45 bits per heavy atom. The number of rotatable bonds is 2. The zero-order chi connectivity index (χ0) is 7.68. The number of hydrogen-bond donors (Lipinski definition) is 1. The Morgan fingerprint density at radius 2 is 2.27 bits per heavy atom. The number of aromatic nitrogens is 2. The Hall–Kier alpha value is -1.09. The first-order valence-corrected chi connectivity index (χ1v) is 4.19. The second-order valence-corrected chi connectivity index (χ2v) is 3.10. The number of nitrogens with one attached hydrogen (secondary N) is 1. The van der Waals surface area contributed by atoms with Gasteiger partial charge in [-0.05, 0) is 17.5 Å². The number of hydrogen-bond acceptors (Lipinski definition) is 1. The summed E-state index contributed by atoms with van der Waals surface area (Å²) in [5.74, 6) is 0. The molecule has 0 fully saturated rings. The molecule has 0 atom stereocenters. The average Bonchev–Trinajstić information content (AvgIpc) is 2.01. The highest BCUT2D eigenvalue weighted by Crippen LogP contribution is 2.19. The van der Waals surface area contributed by atoms with Gasteiger partial charge in [0.1, 0.15) is 0 Å². The van der Waals surface area contributed by atoms with Gasteiger partial charge < -0.3 is 0 Å². The molecule has 3 heteroatoms. The SMILES string of the molecule is C=CSn1[nH]c2ccccc21. The van der Waals surface area contributed by atoms with E-state index in [1.54, 1.807) is 17.4 Å². The Kier molecular flexibility index (Phi) is 1.51. The molecule has 0 saturated carbocycles. The van der Waals surface area contributed by atoms with Gasteiger partial charge >= 0.3 is 0 Å². The molecule has 0 aliphatic rings. The molecule has 0 radical (unpaired) electrons. The van der Waals surface area contributed by atoms with E-state index in [4.69, 9.17) is 0 Å². The van der Waals surface area contributed by atoms with Gasteiger partial charge in [-0.3, -0.25) is 5.10 Å². The van der Waals surface area contributed by atoms with Crippen LogP contribution in [0.4, 0.5) is 0 Å². The molecule has 0 bridgehead atoms. The van der Waals surface area contributed by atoms with Crippen LogP contribution in [0.15, 0.2) is 36.3 Å². The predicted molar refractivity (Wildman–Crippen MR) is 49.5 cm³/mol. The molecule has 1 N–H and O–H groups in total. The van der Waals surface area contributed by atoms with Crippen LogP contribution in [0.5, 0.6) is 0 Å². The van der Waals surface area contributed by atoms with Gasteiger partial charge in [0.05, 0.1) is 11.0 Å². The Morgan fingerprint density at radius 3 is 3.00 bits per heavy atom. The van der Waals surface area contributed by atoms with Crippen LogP contribution < -0.4 is 0 Å². The van der Waals surface area contributed by atoms with Crippen LogP contribution in [0.2, 0.25) is 0 Å². The summed E-state index contributed by atoms with van der Waals surface area (Å²) in [6, 6.07) is 8.16. The molecule has 1 aromatic carbocycles. The topological polar surface area (TPSA) is 20.7 Å². The van der Waals surface area contributed by atoms with Crippen LogP contribution in [0.3, 0.4) is 0 Å². The van der Waals surface area contributed by atoms with Gasteiger partial charge in [0.15, 0.2) is 0 Å². The van der Waals surface area contributed by atoms with Gasteiger partial charge in [0.2, 0.25) is 0 Å². The van der Waals surface area contributed by atoms with Crippen LogP contribution >= 0.6 is 11.9 Å². The molecule has 1 heterocycles. The van der Waals surface area contributed by atoms with Crippen molar-refractivity contribution in [2.24, 2.45) is 0 Å². The van der Waals surface area contributed by atoms with Crippen LogP contribution in [0, 0.1) is 0 Å². The van der Waals surface area contributed by atoms with Crippen LogP contribution in [0.1, 0.15) is 0 Å². The Labute approximate surface area is 69.0 Å². The quantitative estimate of drug-likeness (QED) is 0.723. The normalized spacial score (nSPS) is 10.5. The third kappa shape index (κ3) is 0.973. The Balaban J connectivity index is 2.46. The summed E-state index contributed by atoms with van der Waals surface area (Å²) >= 11 is 1.55. The molecule has 0 saturated heterocycles. The summed E-state index contributed by atoms with van der Waals surface area (Å²) in [5.41, 5.74) is 2.40. The number of H-pyrrole nitrogens is 1. The summed E-state index contributed by atoms with van der Waals surface area (Å²) in [7, 11) is 0. The van der Waals surface area contributed by atoms with Gasteiger partial charge in [-0.15, -0.1) is 0 Å². The maximum absolute atomic E-state index is 3.64. The second-order valence-electron chi connectivity index (χ2n) is 2.20. The van der Waals surface area contributed by atoms with Crippen LogP contribution in [-0.4, -0.2) is 9.19 Å². The molecule has 2 nitrogen and oxygen atoms in total. The van der Waals surface area contributed by atoms with Gasteiger partial charge in [-0.1, -0.05) is 18.7 Å². The zero-order valence-corrected chi connectivity index (χ0v) is 6.77. The summed E-state index contributed by atoms with van der Waals surface area (Å²) in [4.78, 5) is 0. The van der Waals surface area contributed by atoms with Gasteiger partial charge in [0.25, 0.3) is 0 Å². The number of fused-ring (bicyclic) bond motifs is 1. The summed E-state index contributed by atoms with van der Waals surface area (Å²) in [6.45, 7) is 3.64. The minimum Gasteiger partial charge on any atom is -0.286 e. The highest BCUT2D eigenvalue weighted by molar-refractivity contribution is 8.00. The lowest BCUT2D eigenvalue weighted by Crippen LogP contribution is -2.01. The lowest BCUT2D eigenvalue weighted by molar-refractivity contribution is 0.997. The third-order valence-corrected chi connectivity index (χ3v) is 2.17. The Bertz CT molecular complexity index is 372. The number of aromatic amines is 1. The minimum atomic E-state index is 1.18. The molecule has 0 spiro atoms. The van der Waals surface area contributed by atoms with Crippen molar-refractivity contribution >= 4 is 23.0 Å². The maximum Gasteiger partial charge on any atom is 0.0954 e. The maximum atomic E-state index is 3.64. The molecule has 0 aliphatic heterocycles. The van der Waals surface area contributed by atoms with E-state index in [0.717, 1.165) is 0 Å². The van der Waals surface area contributed by atoms with E-state index in [1.807, 2.05) is 16.2 Å². The van der Waals surface area contributed by atoms with Crippen molar-refractivity contribution in [2.75, 3.05) is 0 Å². The van der Waals surface area contributed by atoms with Crippen molar-refractivity contribution in [3.05, 3.63) is 36.3 Å². The minimum absolute atomic E-state index is 1.18. The predicted octanol–water partition coefficient (Wildman–Crippen LogP) is 2.61. The van der Waals surface area contributed by atoms with Crippen molar-refractivity contribution in [3.8, 4) is 0 Å². The summed E-state index contributed by atoms with van der Waals surface area (Å²) in [5, 5.41) is 4.94. The highest BCUT2D eigenvalue weighted by atomic mass is 32.2. The summed E-state index contributed by atoms with van der Waals surface area (Å²) < 4.78 is 1.97. The molecular weight excluding hydrogens is 156 g/mol. The number of para-hydroxylation sites is 2. The number of benzene rings is 1. The smallest absolute Gasteiger partial charge is 0.0954 e. The largest absolute Gasteiger partial charge is 0.286 e. The molecule has 2 aromatic rings. The monoisotopic (exact) mass is 164 g/mol. The molecule has 1 aromatic heterocycles. The fourth-order valence-corrected chi connectivity index (χ4v) is 1.59. The molecule has 2 rings (SSSR count). The number of nitrogens with zero attached hydrogens (tertiary/aromatic N) is 1.